The van der Waals surface area contributed by atoms with Crippen LogP contribution in [0.2, 0.25) is 0 Å². The molecule has 1 amide bonds. The van der Waals surface area contributed by atoms with E-state index in [2.05, 4.69) is 4.98 Å². The summed E-state index contributed by atoms with van der Waals surface area (Å²) in [6, 6.07) is 11.4. The molecule has 2 heterocycles. The molecular weight excluding hydrogens is 397 g/mol. The molecule has 0 spiro atoms. The number of carboxylic acid groups (broad SMARTS) is 1. The van der Waals surface area contributed by atoms with Crippen molar-refractivity contribution in [1.82, 2.24) is 9.88 Å². The first kappa shape index (κ1) is 19.9. The molecule has 1 fully saturated rings. The summed E-state index contributed by atoms with van der Waals surface area (Å²) in [6.07, 6.45) is 0.594. The van der Waals surface area contributed by atoms with E-state index < -0.39 is 23.4 Å². The van der Waals surface area contributed by atoms with Crippen LogP contribution in [0.25, 0.3) is 21.9 Å². The third-order valence-corrected chi connectivity index (χ3v) is 5.26. The van der Waals surface area contributed by atoms with E-state index in [1.165, 1.54) is 11.1 Å². The zero-order chi connectivity index (χ0) is 21.5. The number of carbonyl (C=O) groups excluding carboxylic acids is 1. The van der Waals surface area contributed by atoms with E-state index in [1.807, 2.05) is 0 Å². The molecule has 0 aliphatic carbocycles. The zero-order valence-corrected chi connectivity index (χ0v) is 15.7. The average Bonchev–Trinajstić information content (AvgIpc) is 2.72. The minimum atomic E-state index is -2.73. The van der Waals surface area contributed by atoms with Gasteiger partial charge in [-0.05, 0) is 34.5 Å². The first-order chi connectivity index (χ1) is 14.2. The average molecular weight is 414 g/mol. The molecule has 2 aromatic carbocycles. The van der Waals surface area contributed by atoms with Crippen LogP contribution in [0.5, 0.6) is 0 Å². The lowest BCUT2D eigenvalue weighted by atomic mass is 9.97. The maximum absolute atomic E-state index is 14.1. The molecule has 5 nitrogen and oxygen atoms in total. The highest BCUT2D eigenvalue weighted by Gasteiger charge is 2.35. The van der Waals surface area contributed by atoms with Gasteiger partial charge in [-0.1, -0.05) is 24.3 Å². The molecule has 1 aliphatic heterocycles. The number of hydrogen-bond donors (Lipinski definition) is 1. The number of rotatable bonds is 3. The normalized spacial score (nSPS) is 15.9. The number of fused-ring (bicyclic) bond motifs is 1. The standard InChI is InChI=1S/C22H17F3N2O3/c23-18-11-15(12-26-19(18)21(29)30)16-3-1-2-13-10-14(4-5-17(13)16)20(28)27-8-6-22(24,25)7-9-27/h1-5,10-12H,6-9H2,(H,29,30). The minimum absolute atomic E-state index is 0.00474. The van der Waals surface area contributed by atoms with Crippen LogP contribution in [0.15, 0.2) is 48.7 Å². The maximum Gasteiger partial charge on any atom is 0.357 e. The number of piperidine rings is 1. The maximum atomic E-state index is 14.1. The highest BCUT2D eigenvalue weighted by Crippen LogP contribution is 2.31. The molecule has 1 aromatic heterocycles. The molecule has 30 heavy (non-hydrogen) atoms. The number of carbonyl (C=O) groups is 2. The molecule has 0 saturated carbocycles. The summed E-state index contributed by atoms with van der Waals surface area (Å²) >= 11 is 0. The highest BCUT2D eigenvalue weighted by atomic mass is 19.3. The number of likely N-dealkylation sites (tertiary alicyclic amines) is 1. The lowest BCUT2D eigenvalue weighted by Crippen LogP contribution is -2.42. The number of carboxylic acids is 1. The molecule has 0 atom stereocenters. The van der Waals surface area contributed by atoms with Gasteiger partial charge in [-0.15, -0.1) is 0 Å². The zero-order valence-electron chi connectivity index (χ0n) is 15.7. The van der Waals surface area contributed by atoms with Crippen LogP contribution in [0.3, 0.4) is 0 Å². The van der Waals surface area contributed by atoms with Gasteiger partial charge in [-0.3, -0.25) is 4.79 Å². The second-order valence-corrected chi connectivity index (χ2v) is 7.25. The lowest BCUT2D eigenvalue weighted by Gasteiger charge is -2.31. The van der Waals surface area contributed by atoms with Gasteiger partial charge in [-0.25, -0.2) is 22.9 Å². The first-order valence-electron chi connectivity index (χ1n) is 9.34. The van der Waals surface area contributed by atoms with Gasteiger partial charge >= 0.3 is 5.97 Å². The predicted octanol–water partition coefficient (Wildman–Crippen LogP) is 4.61. The van der Waals surface area contributed by atoms with Crippen molar-refractivity contribution in [1.29, 1.82) is 0 Å². The van der Waals surface area contributed by atoms with Crippen molar-refractivity contribution in [3.05, 3.63) is 65.7 Å². The van der Waals surface area contributed by atoms with Gasteiger partial charge < -0.3 is 10.0 Å². The summed E-state index contributed by atoms with van der Waals surface area (Å²) in [6.45, 7) is 0.00949. The fourth-order valence-electron chi connectivity index (χ4n) is 3.63. The molecule has 1 N–H and O–H groups in total. The first-order valence-corrected chi connectivity index (χ1v) is 9.34. The Bertz CT molecular complexity index is 1150. The van der Waals surface area contributed by atoms with E-state index in [0.29, 0.717) is 22.1 Å². The summed E-state index contributed by atoms with van der Waals surface area (Å²) in [5.41, 5.74) is 0.766. The monoisotopic (exact) mass is 414 g/mol. The van der Waals surface area contributed by atoms with Crippen LogP contribution in [-0.4, -0.2) is 45.9 Å². The van der Waals surface area contributed by atoms with E-state index in [4.69, 9.17) is 5.11 Å². The van der Waals surface area contributed by atoms with Gasteiger partial charge in [0.25, 0.3) is 11.8 Å². The van der Waals surface area contributed by atoms with Crippen LogP contribution >= 0.6 is 0 Å². The summed E-state index contributed by atoms with van der Waals surface area (Å²) < 4.78 is 40.8. The Morgan fingerprint density at radius 2 is 1.80 bits per heavy atom. The van der Waals surface area contributed by atoms with Crippen molar-refractivity contribution in [3.8, 4) is 11.1 Å². The number of benzene rings is 2. The topological polar surface area (TPSA) is 70.5 Å². The predicted molar refractivity (Wildman–Crippen MR) is 104 cm³/mol. The Hall–Kier alpha value is -3.42. The van der Waals surface area contributed by atoms with Crippen molar-refractivity contribution < 1.29 is 27.9 Å². The molecule has 0 bridgehead atoms. The van der Waals surface area contributed by atoms with Crippen molar-refractivity contribution in [2.45, 2.75) is 18.8 Å². The van der Waals surface area contributed by atoms with Crippen LogP contribution in [0.1, 0.15) is 33.7 Å². The van der Waals surface area contributed by atoms with E-state index in [-0.39, 0.29) is 31.8 Å². The third kappa shape index (κ3) is 3.72. The third-order valence-electron chi connectivity index (χ3n) is 5.26. The van der Waals surface area contributed by atoms with Crippen LogP contribution in [-0.2, 0) is 0 Å². The number of aromatic nitrogens is 1. The molecule has 154 valence electrons. The number of pyridine rings is 1. The molecule has 3 aromatic rings. The lowest BCUT2D eigenvalue weighted by molar-refractivity contribution is -0.0494. The van der Waals surface area contributed by atoms with Gasteiger partial charge in [0.1, 0.15) is 0 Å². The number of alkyl halides is 2. The number of nitrogens with zero attached hydrogens (tertiary/aromatic N) is 2. The second-order valence-electron chi connectivity index (χ2n) is 7.25. The fourth-order valence-corrected chi connectivity index (χ4v) is 3.63. The van der Waals surface area contributed by atoms with Gasteiger partial charge in [0.05, 0.1) is 0 Å². The van der Waals surface area contributed by atoms with E-state index in [9.17, 15) is 22.8 Å². The van der Waals surface area contributed by atoms with E-state index in [1.54, 1.807) is 36.4 Å². The SMILES string of the molecule is O=C(O)c1ncc(-c2cccc3cc(C(=O)N4CCC(F)(F)CC4)ccc23)cc1F. The number of hydrogen-bond acceptors (Lipinski definition) is 3. The minimum Gasteiger partial charge on any atom is -0.476 e. The number of aromatic carboxylic acids is 1. The summed E-state index contributed by atoms with van der Waals surface area (Å²) in [7, 11) is 0. The Labute approximate surface area is 169 Å². The molecule has 1 aliphatic rings. The molecule has 0 radical (unpaired) electrons. The summed E-state index contributed by atoms with van der Waals surface area (Å²) in [5.74, 6) is -5.42. The molecular formula is C22H17F3N2O3. The smallest absolute Gasteiger partial charge is 0.357 e. The van der Waals surface area contributed by atoms with E-state index in [0.717, 1.165) is 11.5 Å². The van der Waals surface area contributed by atoms with Crippen LogP contribution < -0.4 is 0 Å². The van der Waals surface area contributed by atoms with Crippen LogP contribution in [0.4, 0.5) is 13.2 Å². The Balaban J connectivity index is 1.67. The summed E-state index contributed by atoms with van der Waals surface area (Å²) in [5, 5.41) is 10.4. The Morgan fingerprint density at radius 1 is 1.07 bits per heavy atom. The summed E-state index contributed by atoms with van der Waals surface area (Å²) in [4.78, 5) is 28.8. The molecule has 8 heteroatoms. The van der Waals surface area contributed by atoms with Crippen molar-refractivity contribution >= 4 is 22.6 Å². The second kappa shape index (κ2) is 7.44. The Kier molecular flexibility index (Phi) is 4.93. The highest BCUT2D eigenvalue weighted by molar-refractivity contribution is 6.02. The largest absolute Gasteiger partial charge is 0.476 e. The van der Waals surface area contributed by atoms with Gasteiger partial charge in [0, 0.05) is 43.3 Å². The van der Waals surface area contributed by atoms with E-state index >= 15 is 0 Å². The fraction of sp³-hybridized carbons (Fsp3) is 0.227. The van der Waals surface area contributed by atoms with Crippen molar-refractivity contribution in [2.24, 2.45) is 0 Å². The molecule has 4 rings (SSSR count). The van der Waals surface area contributed by atoms with Gasteiger partial charge in [0.15, 0.2) is 11.5 Å². The van der Waals surface area contributed by atoms with Gasteiger partial charge in [0.2, 0.25) is 0 Å². The van der Waals surface area contributed by atoms with Crippen LogP contribution in [0, 0.1) is 5.82 Å². The molecule has 0 unspecified atom stereocenters. The molecule has 1 saturated heterocycles. The number of amides is 1. The van der Waals surface area contributed by atoms with Crippen molar-refractivity contribution in [2.75, 3.05) is 13.1 Å². The quantitative estimate of drug-likeness (QED) is 0.680. The number of halogens is 3. The van der Waals surface area contributed by atoms with Crippen molar-refractivity contribution in [3.63, 3.8) is 0 Å². The Morgan fingerprint density at radius 3 is 2.47 bits per heavy atom. The van der Waals surface area contributed by atoms with Gasteiger partial charge in [-0.2, -0.15) is 0 Å².